The largest absolute Gasteiger partial charge is 0.444 e. The van der Waals surface area contributed by atoms with Gasteiger partial charge in [-0.15, -0.1) is 0 Å². The molecule has 1 amide bonds. The molecule has 3 N–H and O–H groups in total. The van der Waals surface area contributed by atoms with Gasteiger partial charge in [0.05, 0.1) is 17.3 Å². The van der Waals surface area contributed by atoms with E-state index < -0.39 is 11.7 Å². The van der Waals surface area contributed by atoms with Crippen molar-refractivity contribution in [3.63, 3.8) is 0 Å². The Kier molecular flexibility index (Phi) is 4.18. The van der Waals surface area contributed by atoms with Crippen molar-refractivity contribution in [2.24, 2.45) is 12.8 Å². The van der Waals surface area contributed by atoms with E-state index in [1.165, 1.54) is 0 Å². The van der Waals surface area contributed by atoms with E-state index in [1.54, 1.807) is 4.68 Å². The second-order valence-electron chi connectivity index (χ2n) is 5.96. The average Bonchev–Trinajstić information content (AvgIpc) is 2.70. The van der Waals surface area contributed by atoms with Gasteiger partial charge in [0, 0.05) is 19.0 Å². The van der Waals surface area contributed by atoms with Crippen LogP contribution in [0.15, 0.2) is 24.3 Å². The predicted molar refractivity (Wildman–Crippen MR) is 81.9 cm³/mol. The minimum absolute atomic E-state index is 0.267. The summed E-state index contributed by atoms with van der Waals surface area (Å²) in [5.41, 5.74) is 7.03. The van der Waals surface area contributed by atoms with Crippen molar-refractivity contribution in [1.82, 2.24) is 15.1 Å². The summed E-state index contributed by atoms with van der Waals surface area (Å²) in [6.07, 6.45) is -0.483. The van der Waals surface area contributed by atoms with Gasteiger partial charge in [0.2, 0.25) is 0 Å². The van der Waals surface area contributed by atoms with Crippen LogP contribution in [0.25, 0.3) is 10.9 Å². The second kappa shape index (κ2) is 5.73. The Morgan fingerprint density at radius 3 is 2.71 bits per heavy atom. The van der Waals surface area contributed by atoms with Crippen LogP contribution >= 0.6 is 0 Å². The maximum absolute atomic E-state index is 12.0. The van der Waals surface area contributed by atoms with E-state index in [4.69, 9.17) is 10.5 Å². The number of ether oxygens (including phenoxy) is 1. The van der Waals surface area contributed by atoms with Crippen LogP contribution in [-0.4, -0.2) is 28.0 Å². The van der Waals surface area contributed by atoms with E-state index in [0.717, 1.165) is 16.6 Å². The standard InChI is InChI=1S/C15H22N4O2/c1-15(2,3)21-14(20)17-12(9-16)13-10-7-5-6-8-11(10)18-19(13)4/h5-8,12H,9,16H2,1-4H3,(H,17,20). The number of fused-ring (bicyclic) bond motifs is 1. The van der Waals surface area contributed by atoms with Gasteiger partial charge in [0.15, 0.2) is 0 Å². The number of carbonyl (C=O) groups is 1. The Hall–Kier alpha value is -2.08. The van der Waals surface area contributed by atoms with Crippen LogP contribution in [0.5, 0.6) is 0 Å². The summed E-state index contributed by atoms with van der Waals surface area (Å²) in [6, 6.07) is 7.42. The number of aryl methyl sites for hydroxylation is 1. The molecule has 0 aliphatic rings. The molecule has 6 nitrogen and oxygen atoms in total. The SMILES string of the molecule is Cn1nc2ccccc2c1C(CN)NC(=O)OC(C)(C)C. The van der Waals surface area contributed by atoms with Crippen LogP contribution in [-0.2, 0) is 11.8 Å². The highest BCUT2D eigenvalue weighted by Gasteiger charge is 2.23. The predicted octanol–water partition coefficient (Wildman–Crippen LogP) is 2.10. The van der Waals surface area contributed by atoms with E-state index in [2.05, 4.69) is 10.4 Å². The molecule has 2 rings (SSSR count). The molecule has 1 aromatic heterocycles. The van der Waals surface area contributed by atoms with Gasteiger partial charge in [0.25, 0.3) is 0 Å². The Balaban J connectivity index is 2.28. The second-order valence-corrected chi connectivity index (χ2v) is 5.96. The number of alkyl carbamates (subject to hydrolysis) is 1. The third-order valence-corrected chi connectivity index (χ3v) is 3.04. The number of carbonyl (C=O) groups excluding carboxylic acids is 1. The topological polar surface area (TPSA) is 82.2 Å². The number of hydrogen-bond donors (Lipinski definition) is 2. The van der Waals surface area contributed by atoms with Gasteiger partial charge in [-0.2, -0.15) is 5.10 Å². The molecule has 0 fully saturated rings. The summed E-state index contributed by atoms with van der Waals surface area (Å²) >= 11 is 0. The van der Waals surface area contributed by atoms with E-state index in [-0.39, 0.29) is 12.6 Å². The molecule has 0 radical (unpaired) electrons. The molecular formula is C15H22N4O2. The van der Waals surface area contributed by atoms with Gasteiger partial charge < -0.3 is 15.8 Å². The lowest BCUT2D eigenvalue weighted by atomic mass is 10.1. The zero-order valence-corrected chi connectivity index (χ0v) is 12.9. The van der Waals surface area contributed by atoms with Gasteiger partial charge in [-0.05, 0) is 26.8 Å². The number of rotatable bonds is 3. The molecule has 0 aliphatic carbocycles. The number of amides is 1. The summed E-state index contributed by atoms with van der Waals surface area (Å²) in [5, 5.41) is 8.22. The molecule has 114 valence electrons. The number of benzene rings is 1. The van der Waals surface area contributed by atoms with Crippen molar-refractivity contribution in [2.75, 3.05) is 6.54 Å². The quantitative estimate of drug-likeness (QED) is 0.907. The fourth-order valence-corrected chi connectivity index (χ4v) is 2.27. The van der Waals surface area contributed by atoms with Crippen molar-refractivity contribution < 1.29 is 9.53 Å². The molecule has 1 aromatic carbocycles. The monoisotopic (exact) mass is 290 g/mol. The lowest BCUT2D eigenvalue weighted by Crippen LogP contribution is -2.38. The van der Waals surface area contributed by atoms with E-state index in [0.29, 0.717) is 0 Å². The molecule has 1 unspecified atom stereocenters. The molecule has 0 aliphatic heterocycles. The molecule has 0 saturated carbocycles. The molecule has 6 heteroatoms. The molecule has 0 saturated heterocycles. The Bertz CT molecular complexity index is 643. The first-order valence-electron chi connectivity index (χ1n) is 6.93. The van der Waals surface area contributed by atoms with Crippen LogP contribution in [0.2, 0.25) is 0 Å². The Morgan fingerprint density at radius 1 is 1.43 bits per heavy atom. The highest BCUT2D eigenvalue weighted by Crippen LogP contribution is 2.23. The van der Waals surface area contributed by atoms with Crippen LogP contribution in [0.3, 0.4) is 0 Å². The first kappa shape index (κ1) is 15.3. The van der Waals surface area contributed by atoms with E-state index >= 15 is 0 Å². The van der Waals surface area contributed by atoms with Crippen molar-refractivity contribution in [1.29, 1.82) is 0 Å². The van der Waals surface area contributed by atoms with Crippen LogP contribution in [0.4, 0.5) is 4.79 Å². The van der Waals surface area contributed by atoms with E-state index in [9.17, 15) is 4.79 Å². The number of nitrogens with two attached hydrogens (primary N) is 1. The van der Waals surface area contributed by atoms with Crippen molar-refractivity contribution in [3.05, 3.63) is 30.0 Å². The summed E-state index contributed by atoms with van der Waals surface area (Å²) in [7, 11) is 1.84. The molecule has 1 atom stereocenters. The first-order chi connectivity index (χ1) is 9.81. The molecular weight excluding hydrogens is 268 g/mol. The third-order valence-electron chi connectivity index (χ3n) is 3.04. The van der Waals surface area contributed by atoms with Gasteiger partial charge >= 0.3 is 6.09 Å². The number of aromatic nitrogens is 2. The highest BCUT2D eigenvalue weighted by atomic mass is 16.6. The number of nitrogens with one attached hydrogen (secondary N) is 1. The zero-order chi connectivity index (χ0) is 15.6. The van der Waals surface area contributed by atoms with Gasteiger partial charge in [-0.25, -0.2) is 4.79 Å². The number of hydrogen-bond acceptors (Lipinski definition) is 4. The fraction of sp³-hybridized carbons (Fsp3) is 0.467. The van der Waals surface area contributed by atoms with Crippen molar-refractivity contribution in [3.8, 4) is 0 Å². The summed E-state index contributed by atoms with van der Waals surface area (Å²) in [5.74, 6) is 0. The van der Waals surface area contributed by atoms with Gasteiger partial charge in [0.1, 0.15) is 5.60 Å². The van der Waals surface area contributed by atoms with Crippen LogP contribution in [0, 0.1) is 0 Å². The zero-order valence-electron chi connectivity index (χ0n) is 12.9. The maximum Gasteiger partial charge on any atom is 0.408 e. The lowest BCUT2D eigenvalue weighted by molar-refractivity contribution is 0.0504. The molecule has 0 spiro atoms. The first-order valence-corrected chi connectivity index (χ1v) is 6.93. The minimum Gasteiger partial charge on any atom is -0.444 e. The molecule has 1 heterocycles. The maximum atomic E-state index is 12.0. The Labute approximate surface area is 124 Å². The third kappa shape index (κ3) is 3.52. The van der Waals surface area contributed by atoms with Crippen molar-refractivity contribution >= 4 is 17.0 Å². The average molecular weight is 290 g/mol. The van der Waals surface area contributed by atoms with Gasteiger partial charge in [-0.1, -0.05) is 18.2 Å². The van der Waals surface area contributed by atoms with Crippen LogP contribution < -0.4 is 11.1 Å². The summed E-state index contributed by atoms with van der Waals surface area (Å²) in [6.45, 7) is 5.74. The summed E-state index contributed by atoms with van der Waals surface area (Å²) < 4.78 is 7.03. The van der Waals surface area contributed by atoms with Crippen LogP contribution in [0.1, 0.15) is 32.5 Å². The van der Waals surface area contributed by atoms with Crippen molar-refractivity contribution in [2.45, 2.75) is 32.4 Å². The fourth-order valence-electron chi connectivity index (χ4n) is 2.27. The summed E-state index contributed by atoms with van der Waals surface area (Å²) in [4.78, 5) is 12.0. The van der Waals surface area contributed by atoms with E-state index in [1.807, 2.05) is 52.1 Å². The molecule has 21 heavy (non-hydrogen) atoms. The normalized spacial score (nSPS) is 13.2. The highest BCUT2D eigenvalue weighted by molar-refractivity contribution is 5.82. The number of nitrogens with zero attached hydrogens (tertiary/aromatic N) is 2. The van der Waals surface area contributed by atoms with Gasteiger partial charge in [-0.3, -0.25) is 4.68 Å². The smallest absolute Gasteiger partial charge is 0.408 e. The molecule has 2 aromatic rings. The Morgan fingerprint density at radius 2 is 2.10 bits per heavy atom. The molecule has 0 bridgehead atoms. The lowest BCUT2D eigenvalue weighted by Gasteiger charge is -2.23. The minimum atomic E-state index is -0.544.